The van der Waals surface area contributed by atoms with Crippen LogP contribution in [0, 0.1) is 0 Å². The van der Waals surface area contributed by atoms with Crippen molar-refractivity contribution in [1.82, 2.24) is 15.0 Å². The average molecular weight is 520 g/mol. The van der Waals surface area contributed by atoms with Gasteiger partial charge < -0.3 is 0 Å². The lowest BCUT2D eigenvalue weighted by Crippen LogP contribution is -1.98. The van der Waals surface area contributed by atoms with Crippen molar-refractivity contribution in [3.05, 3.63) is 139 Å². The Morgan fingerprint density at radius 2 is 0.974 bits per heavy atom. The van der Waals surface area contributed by atoms with Crippen LogP contribution in [-0.2, 0) is 0 Å². The quantitative estimate of drug-likeness (QED) is 0.232. The first kappa shape index (κ1) is 23.3. The fourth-order valence-corrected chi connectivity index (χ4v) is 5.25. The predicted octanol–water partition coefficient (Wildman–Crippen LogP) is 9.50. The lowest BCUT2D eigenvalue weighted by molar-refractivity contribution is 1.07. The summed E-state index contributed by atoms with van der Waals surface area (Å²) in [6.45, 7) is 0. The highest BCUT2D eigenvalue weighted by molar-refractivity contribution is 6.28. The molecule has 0 unspecified atom stereocenters. The Morgan fingerprint density at radius 1 is 0.385 bits per heavy atom. The normalized spacial score (nSPS) is 11.2. The summed E-state index contributed by atoms with van der Waals surface area (Å²) in [6.07, 6.45) is 0. The first-order valence-corrected chi connectivity index (χ1v) is 13.2. The maximum Gasteiger partial charge on any atom is 0.226 e. The molecular weight excluding hydrogens is 498 g/mol. The molecule has 0 spiro atoms. The molecule has 184 valence electrons. The zero-order valence-corrected chi connectivity index (χ0v) is 21.7. The minimum atomic E-state index is 0.174. The minimum absolute atomic E-state index is 0.174. The molecule has 7 rings (SSSR count). The molecule has 0 fully saturated rings. The number of rotatable bonds is 4. The molecule has 0 atom stereocenters. The van der Waals surface area contributed by atoms with E-state index in [9.17, 15) is 0 Å². The zero-order chi connectivity index (χ0) is 26.2. The fourth-order valence-electron chi connectivity index (χ4n) is 5.09. The van der Waals surface area contributed by atoms with E-state index in [1.54, 1.807) is 0 Å². The van der Waals surface area contributed by atoms with E-state index < -0.39 is 0 Å². The molecule has 6 aromatic carbocycles. The molecular formula is C35H22ClN3. The molecule has 0 N–H and O–H groups in total. The Labute approximate surface area is 231 Å². The Balaban J connectivity index is 1.26. The summed E-state index contributed by atoms with van der Waals surface area (Å²) in [6, 6.07) is 46.2. The van der Waals surface area contributed by atoms with Gasteiger partial charge in [0.25, 0.3) is 0 Å². The van der Waals surface area contributed by atoms with E-state index in [4.69, 9.17) is 16.6 Å². The highest BCUT2D eigenvalue weighted by atomic mass is 35.5. The van der Waals surface area contributed by atoms with Gasteiger partial charge in [-0.05, 0) is 73.6 Å². The second-order valence-corrected chi connectivity index (χ2v) is 9.84. The standard InChI is InChI=1S/C35H22ClN3/c36-35-38-33(37-34(39-35)32-15-7-11-24-10-4-5-14-31(24)32)30-13-6-12-25(22-30)27-18-19-28-20-26(16-17-29(28)21-27)23-8-2-1-3-9-23/h1-22H. The molecule has 39 heavy (non-hydrogen) atoms. The predicted molar refractivity (Wildman–Crippen MR) is 162 cm³/mol. The smallest absolute Gasteiger partial charge is 0.208 e. The van der Waals surface area contributed by atoms with E-state index in [2.05, 4.69) is 101 Å². The molecule has 4 heteroatoms. The minimum Gasteiger partial charge on any atom is -0.208 e. The Kier molecular flexibility index (Phi) is 5.84. The molecule has 0 amide bonds. The molecule has 1 heterocycles. The van der Waals surface area contributed by atoms with Crippen LogP contribution in [0.5, 0.6) is 0 Å². The monoisotopic (exact) mass is 519 g/mol. The lowest BCUT2D eigenvalue weighted by atomic mass is 9.97. The highest BCUT2D eigenvalue weighted by Gasteiger charge is 2.13. The van der Waals surface area contributed by atoms with Gasteiger partial charge in [-0.3, -0.25) is 0 Å². The van der Waals surface area contributed by atoms with Gasteiger partial charge in [-0.25, -0.2) is 4.98 Å². The van der Waals surface area contributed by atoms with Crippen molar-refractivity contribution in [2.45, 2.75) is 0 Å². The van der Waals surface area contributed by atoms with Crippen molar-refractivity contribution < 1.29 is 0 Å². The Bertz CT molecular complexity index is 1980. The number of nitrogens with zero attached hydrogens (tertiary/aromatic N) is 3. The van der Waals surface area contributed by atoms with E-state index >= 15 is 0 Å². The van der Waals surface area contributed by atoms with Crippen molar-refractivity contribution in [2.75, 3.05) is 0 Å². The summed E-state index contributed by atoms with van der Waals surface area (Å²) in [7, 11) is 0. The highest BCUT2D eigenvalue weighted by Crippen LogP contribution is 2.32. The third-order valence-corrected chi connectivity index (χ3v) is 7.21. The van der Waals surface area contributed by atoms with Gasteiger partial charge >= 0.3 is 0 Å². The molecule has 0 bridgehead atoms. The lowest BCUT2D eigenvalue weighted by Gasteiger charge is -2.10. The third kappa shape index (κ3) is 4.54. The number of aromatic nitrogens is 3. The zero-order valence-electron chi connectivity index (χ0n) is 20.9. The molecule has 0 saturated heterocycles. The van der Waals surface area contributed by atoms with Gasteiger partial charge in [-0.15, -0.1) is 0 Å². The second-order valence-electron chi connectivity index (χ2n) is 9.50. The first-order valence-electron chi connectivity index (χ1n) is 12.8. The average Bonchev–Trinajstić information content (AvgIpc) is 3.00. The number of benzene rings is 6. The molecule has 0 aliphatic carbocycles. The van der Waals surface area contributed by atoms with Crippen LogP contribution in [0.1, 0.15) is 0 Å². The van der Waals surface area contributed by atoms with Crippen LogP contribution < -0.4 is 0 Å². The number of hydrogen-bond acceptors (Lipinski definition) is 3. The van der Waals surface area contributed by atoms with Crippen molar-refractivity contribution >= 4 is 33.1 Å². The largest absolute Gasteiger partial charge is 0.226 e. The van der Waals surface area contributed by atoms with Crippen molar-refractivity contribution in [3.63, 3.8) is 0 Å². The summed E-state index contributed by atoms with van der Waals surface area (Å²) >= 11 is 6.42. The molecule has 7 aromatic rings. The summed E-state index contributed by atoms with van der Waals surface area (Å²) < 4.78 is 0. The summed E-state index contributed by atoms with van der Waals surface area (Å²) in [5, 5.41) is 4.78. The van der Waals surface area contributed by atoms with E-state index in [1.807, 2.05) is 42.5 Å². The molecule has 3 nitrogen and oxygen atoms in total. The maximum absolute atomic E-state index is 6.42. The van der Waals surface area contributed by atoms with Crippen LogP contribution in [0.4, 0.5) is 0 Å². The van der Waals surface area contributed by atoms with Crippen LogP contribution in [-0.4, -0.2) is 15.0 Å². The van der Waals surface area contributed by atoms with E-state index in [0.29, 0.717) is 11.6 Å². The Morgan fingerprint density at radius 3 is 1.79 bits per heavy atom. The van der Waals surface area contributed by atoms with Gasteiger partial charge in [0.2, 0.25) is 5.28 Å². The topological polar surface area (TPSA) is 38.7 Å². The van der Waals surface area contributed by atoms with Gasteiger partial charge in [-0.2, -0.15) is 9.97 Å². The van der Waals surface area contributed by atoms with Crippen LogP contribution in [0.15, 0.2) is 133 Å². The number of halogens is 1. The van der Waals surface area contributed by atoms with Crippen LogP contribution in [0.25, 0.3) is 66.6 Å². The fraction of sp³-hybridized carbons (Fsp3) is 0. The Hall–Kier alpha value is -4.86. The molecule has 1 aromatic heterocycles. The first-order chi connectivity index (χ1) is 19.2. The van der Waals surface area contributed by atoms with Crippen molar-refractivity contribution in [2.24, 2.45) is 0 Å². The molecule has 0 saturated carbocycles. The maximum atomic E-state index is 6.42. The van der Waals surface area contributed by atoms with Crippen LogP contribution >= 0.6 is 11.6 Å². The second kappa shape index (κ2) is 9.79. The summed E-state index contributed by atoms with van der Waals surface area (Å²) in [5.41, 5.74) is 6.47. The van der Waals surface area contributed by atoms with Crippen molar-refractivity contribution in [3.8, 4) is 45.0 Å². The van der Waals surface area contributed by atoms with E-state index in [1.165, 1.54) is 21.9 Å². The van der Waals surface area contributed by atoms with Gasteiger partial charge in [0.05, 0.1) is 0 Å². The van der Waals surface area contributed by atoms with E-state index in [-0.39, 0.29) is 5.28 Å². The van der Waals surface area contributed by atoms with Crippen LogP contribution in [0.3, 0.4) is 0 Å². The van der Waals surface area contributed by atoms with Gasteiger partial charge in [-0.1, -0.05) is 115 Å². The SMILES string of the molecule is Clc1nc(-c2cccc(-c3ccc4cc(-c5ccccc5)ccc4c3)c2)nc(-c2cccc3ccccc23)n1. The van der Waals surface area contributed by atoms with Crippen molar-refractivity contribution in [1.29, 1.82) is 0 Å². The molecule has 0 aliphatic rings. The third-order valence-electron chi connectivity index (χ3n) is 7.04. The number of fused-ring (bicyclic) bond motifs is 2. The molecule has 0 aliphatic heterocycles. The molecule has 0 radical (unpaired) electrons. The number of hydrogen-bond donors (Lipinski definition) is 0. The van der Waals surface area contributed by atoms with Gasteiger partial charge in [0.15, 0.2) is 11.6 Å². The summed E-state index contributed by atoms with van der Waals surface area (Å²) in [4.78, 5) is 13.8. The van der Waals surface area contributed by atoms with Gasteiger partial charge in [0.1, 0.15) is 0 Å². The summed E-state index contributed by atoms with van der Waals surface area (Å²) in [5.74, 6) is 1.11. The van der Waals surface area contributed by atoms with E-state index in [0.717, 1.165) is 33.0 Å². The van der Waals surface area contributed by atoms with Gasteiger partial charge in [0, 0.05) is 11.1 Å². The van der Waals surface area contributed by atoms with Crippen LogP contribution in [0.2, 0.25) is 5.28 Å².